The van der Waals surface area contributed by atoms with Crippen LogP contribution in [-0.2, 0) is 6.54 Å². The number of rotatable bonds is 6. The monoisotopic (exact) mass is 243 g/mol. The third kappa shape index (κ3) is 2.95. The van der Waals surface area contributed by atoms with Crippen LogP contribution in [0.2, 0.25) is 0 Å². The van der Waals surface area contributed by atoms with E-state index in [-0.39, 0.29) is 0 Å². The highest BCUT2D eigenvalue weighted by molar-refractivity contribution is 5.29. The third-order valence-corrected chi connectivity index (χ3v) is 4.74. The molecule has 3 rings (SSSR count). The molecule has 2 saturated carbocycles. The Morgan fingerprint density at radius 2 is 1.72 bits per heavy atom. The van der Waals surface area contributed by atoms with Gasteiger partial charge in [0.1, 0.15) is 0 Å². The van der Waals surface area contributed by atoms with Crippen LogP contribution in [0.15, 0.2) is 18.2 Å². The smallest absolute Gasteiger partial charge is 0.0205 e. The first kappa shape index (κ1) is 12.2. The Kier molecular flexibility index (Phi) is 3.43. The molecule has 2 aliphatic carbocycles. The molecule has 0 saturated heterocycles. The Labute approximate surface area is 111 Å². The average Bonchev–Trinajstić information content (AvgIpc) is 3.22. The molecule has 2 fully saturated rings. The van der Waals surface area contributed by atoms with Crippen LogP contribution in [0.1, 0.15) is 42.4 Å². The van der Waals surface area contributed by atoms with Crippen LogP contribution < -0.4 is 5.32 Å². The van der Waals surface area contributed by atoms with Gasteiger partial charge in [0.2, 0.25) is 0 Å². The van der Waals surface area contributed by atoms with Crippen molar-refractivity contribution in [3.05, 3.63) is 34.9 Å². The molecule has 0 heterocycles. The molecule has 0 unspecified atom stereocenters. The van der Waals surface area contributed by atoms with Gasteiger partial charge in [0.25, 0.3) is 0 Å². The molecule has 1 aromatic rings. The molecule has 1 N–H and O–H groups in total. The van der Waals surface area contributed by atoms with E-state index in [4.69, 9.17) is 0 Å². The van der Waals surface area contributed by atoms with E-state index in [2.05, 4.69) is 37.4 Å². The summed E-state index contributed by atoms with van der Waals surface area (Å²) in [5.74, 6) is 3.10. The second-order valence-electron chi connectivity index (χ2n) is 6.39. The summed E-state index contributed by atoms with van der Waals surface area (Å²) in [7, 11) is 0. The van der Waals surface area contributed by atoms with Crippen LogP contribution >= 0.6 is 0 Å². The first-order chi connectivity index (χ1) is 8.74. The highest BCUT2D eigenvalue weighted by atomic mass is 14.9. The van der Waals surface area contributed by atoms with Crippen molar-refractivity contribution < 1.29 is 0 Å². The average molecular weight is 243 g/mol. The van der Waals surface area contributed by atoms with E-state index in [1.54, 1.807) is 0 Å². The molecular weight excluding hydrogens is 218 g/mol. The molecule has 2 aliphatic rings. The van der Waals surface area contributed by atoms with Crippen LogP contribution in [0.25, 0.3) is 0 Å². The van der Waals surface area contributed by atoms with Gasteiger partial charge in [0.15, 0.2) is 0 Å². The van der Waals surface area contributed by atoms with E-state index in [0.29, 0.717) is 0 Å². The summed E-state index contributed by atoms with van der Waals surface area (Å²) in [6.07, 6.45) is 5.97. The molecule has 1 aromatic carbocycles. The number of hydrogen-bond donors (Lipinski definition) is 1. The lowest BCUT2D eigenvalue weighted by Gasteiger charge is -2.16. The van der Waals surface area contributed by atoms with E-state index in [0.717, 1.165) is 24.3 Å². The van der Waals surface area contributed by atoms with Gasteiger partial charge in [0.05, 0.1) is 0 Å². The fourth-order valence-electron chi connectivity index (χ4n) is 3.06. The second-order valence-corrected chi connectivity index (χ2v) is 6.39. The molecule has 0 radical (unpaired) electrons. The van der Waals surface area contributed by atoms with Crippen LogP contribution in [0, 0.1) is 31.6 Å². The number of benzene rings is 1. The van der Waals surface area contributed by atoms with E-state index >= 15 is 0 Å². The van der Waals surface area contributed by atoms with Gasteiger partial charge >= 0.3 is 0 Å². The zero-order chi connectivity index (χ0) is 12.5. The van der Waals surface area contributed by atoms with Crippen molar-refractivity contribution in [1.29, 1.82) is 0 Å². The molecule has 0 atom stereocenters. The molecule has 0 spiro atoms. The standard InChI is InChI=1S/C17H25N/c1-12-3-4-14(9-13(12)2)10-18-11-17(15-5-6-15)16-7-8-16/h3-4,9,15-18H,5-8,10-11H2,1-2H3. The van der Waals surface area contributed by atoms with Gasteiger partial charge in [-0.25, -0.2) is 0 Å². The Morgan fingerprint density at radius 3 is 2.28 bits per heavy atom. The van der Waals surface area contributed by atoms with Crippen molar-refractivity contribution in [2.75, 3.05) is 6.54 Å². The molecule has 18 heavy (non-hydrogen) atoms. The Hall–Kier alpha value is -0.820. The summed E-state index contributed by atoms with van der Waals surface area (Å²) in [6, 6.07) is 6.83. The number of aryl methyl sites for hydroxylation is 2. The SMILES string of the molecule is Cc1ccc(CNCC(C2CC2)C2CC2)cc1C. The van der Waals surface area contributed by atoms with Gasteiger partial charge in [-0.1, -0.05) is 18.2 Å². The summed E-state index contributed by atoms with van der Waals surface area (Å²) in [6.45, 7) is 6.66. The number of hydrogen-bond acceptors (Lipinski definition) is 1. The van der Waals surface area contributed by atoms with Crippen LogP contribution in [-0.4, -0.2) is 6.54 Å². The minimum Gasteiger partial charge on any atom is -0.312 e. The minimum atomic E-state index is 0.983. The zero-order valence-corrected chi connectivity index (χ0v) is 11.7. The maximum atomic E-state index is 3.69. The van der Waals surface area contributed by atoms with Crippen molar-refractivity contribution in [3.8, 4) is 0 Å². The maximum Gasteiger partial charge on any atom is 0.0205 e. The van der Waals surface area contributed by atoms with Crippen LogP contribution in [0.4, 0.5) is 0 Å². The normalized spacial score (nSPS) is 19.5. The zero-order valence-electron chi connectivity index (χ0n) is 11.7. The minimum absolute atomic E-state index is 0.983. The fraction of sp³-hybridized carbons (Fsp3) is 0.647. The van der Waals surface area contributed by atoms with E-state index < -0.39 is 0 Å². The lowest BCUT2D eigenvalue weighted by Crippen LogP contribution is -2.25. The lowest BCUT2D eigenvalue weighted by atomic mass is 9.98. The second kappa shape index (κ2) is 5.05. The van der Waals surface area contributed by atoms with Crippen molar-refractivity contribution >= 4 is 0 Å². The predicted octanol–water partition coefficient (Wildman–Crippen LogP) is 3.83. The van der Waals surface area contributed by atoms with Gasteiger partial charge in [-0.2, -0.15) is 0 Å². The highest BCUT2D eigenvalue weighted by Crippen LogP contribution is 2.48. The molecule has 0 aliphatic heterocycles. The van der Waals surface area contributed by atoms with Crippen LogP contribution in [0.5, 0.6) is 0 Å². The van der Waals surface area contributed by atoms with Crippen molar-refractivity contribution in [2.24, 2.45) is 17.8 Å². The first-order valence-electron chi connectivity index (χ1n) is 7.51. The predicted molar refractivity (Wildman–Crippen MR) is 76.6 cm³/mol. The third-order valence-electron chi connectivity index (χ3n) is 4.74. The van der Waals surface area contributed by atoms with Crippen molar-refractivity contribution in [2.45, 2.75) is 46.1 Å². The van der Waals surface area contributed by atoms with Crippen molar-refractivity contribution in [1.82, 2.24) is 5.32 Å². The fourth-order valence-corrected chi connectivity index (χ4v) is 3.06. The first-order valence-corrected chi connectivity index (χ1v) is 7.51. The van der Waals surface area contributed by atoms with Gasteiger partial charge in [0, 0.05) is 6.54 Å². The molecule has 98 valence electrons. The topological polar surface area (TPSA) is 12.0 Å². The van der Waals surface area contributed by atoms with Gasteiger partial charge in [-0.3, -0.25) is 0 Å². The van der Waals surface area contributed by atoms with Gasteiger partial charge in [-0.05, 0) is 80.5 Å². The Balaban J connectivity index is 1.49. The molecule has 1 nitrogen and oxygen atoms in total. The quantitative estimate of drug-likeness (QED) is 0.800. The molecular formula is C17H25N. The largest absolute Gasteiger partial charge is 0.312 e. The summed E-state index contributed by atoms with van der Waals surface area (Å²) in [5.41, 5.74) is 4.24. The molecule has 0 bridgehead atoms. The van der Waals surface area contributed by atoms with E-state index in [1.165, 1.54) is 48.9 Å². The maximum absolute atomic E-state index is 3.69. The summed E-state index contributed by atoms with van der Waals surface area (Å²) < 4.78 is 0. The van der Waals surface area contributed by atoms with E-state index in [9.17, 15) is 0 Å². The summed E-state index contributed by atoms with van der Waals surface area (Å²) in [5, 5.41) is 3.69. The molecule has 0 aromatic heterocycles. The number of nitrogens with one attached hydrogen (secondary N) is 1. The van der Waals surface area contributed by atoms with E-state index in [1.807, 2.05) is 0 Å². The molecule has 0 amide bonds. The van der Waals surface area contributed by atoms with Crippen LogP contribution in [0.3, 0.4) is 0 Å². The summed E-state index contributed by atoms with van der Waals surface area (Å²) >= 11 is 0. The lowest BCUT2D eigenvalue weighted by molar-refractivity contribution is 0.378. The van der Waals surface area contributed by atoms with Gasteiger partial charge < -0.3 is 5.32 Å². The van der Waals surface area contributed by atoms with Crippen molar-refractivity contribution in [3.63, 3.8) is 0 Å². The summed E-state index contributed by atoms with van der Waals surface area (Å²) in [4.78, 5) is 0. The van der Waals surface area contributed by atoms with Gasteiger partial charge in [-0.15, -0.1) is 0 Å². The Morgan fingerprint density at radius 1 is 1.06 bits per heavy atom. The molecule has 1 heteroatoms. The highest BCUT2D eigenvalue weighted by Gasteiger charge is 2.40. The Bertz CT molecular complexity index is 404.